The Balaban J connectivity index is 1.48. The van der Waals surface area contributed by atoms with Crippen molar-refractivity contribution in [3.63, 3.8) is 0 Å². The normalized spacial score (nSPS) is 10.8. The molecule has 0 aliphatic heterocycles. The van der Waals surface area contributed by atoms with Crippen LogP contribution in [0.25, 0.3) is 10.9 Å². The Morgan fingerprint density at radius 1 is 1.00 bits per heavy atom. The number of hydrogen-bond donors (Lipinski definition) is 2. The van der Waals surface area contributed by atoms with Crippen LogP contribution in [0, 0.1) is 11.6 Å². The number of benzene rings is 2. The van der Waals surface area contributed by atoms with Crippen molar-refractivity contribution in [2.45, 2.75) is 13.1 Å². The molecular formula is C26H24F2N6O3. The van der Waals surface area contributed by atoms with Crippen LogP contribution in [0.1, 0.15) is 21.5 Å². The van der Waals surface area contributed by atoms with Crippen molar-refractivity contribution < 1.29 is 18.4 Å². The molecule has 4 aromatic rings. The van der Waals surface area contributed by atoms with Crippen LogP contribution in [0.4, 0.5) is 14.6 Å². The highest BCUT2D eigenvalue weighted by Gasteiger charge is 2.14. The topological polar surface area (TPSA) is 109 Å². The van der Waals surface area contributed by atoms with Gasteiger partial charge in [-0.25, -0.2) is 18.7 Å². The molecule has 0 aliphatic rings. The van der Waals surface area contributed by atoms with Crippen LogP contribution in [0.2, 0.25) is 0 Å². The lowest BCUT2D eigenvalue weighted by atomic mass is 10.1. The van der Waals surface area contributed by atoms with Gasteiger partial charge in [0.05, 0.1) is 18.6 Å². The minimum atomic E-state index is -1.01. The molecule has 2 aromatic carbocycles. The number of likely N-dealkylation sites (N-methyl/N-ethyl adjacent to an activating group) is 1. The number of rotatable bonds is 8. The highest BCUT2D eigenvalue weighted by atomic mass is 19.2. The van der Waals surface area contributed by atoms with E-state index in [1.54, 1.807) is 32.3 Å². The van der Waals surface area contributed by atoms with Crippen LogP contribution < -0.4 is 16.2 Å². The van der Waals surface area contributed by atoms with E-state index < -0.39 is 23.1 Å². The third kappa shape index (κ3) is 5.95. The van der Waals surface area contributed by atoms with Crippen molar-refractivity contribution in [2.75, 3.05) is 26.0 Å². The fraction of sp³-hybridized carbons (Fsp3) is 0.192. The molecule has 0 saturated heterocycles. The van der Waals surface area contributed by atoms with Gasteiger partial charge in [-0.2, -0.15) is 0 Å². The van der Waals surface area contributed by atoms with Gasteiger partial charge in [0.25, 0.3) is 11.5 Å². The maximum absolute atomic E-state index is 13.5. The van der Waals surface area contributed by atoms with E-state index >= 15 is 0 Å². The number of anilines is 1. The van der Waals surface area contributed by atoms with E-state index in [1.165, 1.54) is 40.2 Å². The Morgan fingerprint density at radius 2 is 1.78 bits per heavy atom. The first kappa shape index (κ1) is 25.4. The van der Waals surface area contributed by atoms with E-state index in [0.717, 1.165) is 17.7 Å². The zero-order valence-corrected chi connectivity index (χ0v) is 20.2. The molecule has 11 heteroatoms. The minimum absolute atomic E-state index is 0.0199. The van der Waals surface area contributed by atoms with Gasteiger partial charge in [-0.3, -0.25) is 14.4 Å². The van der Waals surface area contributed by atoms with Crippen LogP contribution in [-0.4, -0.2) is 51.9 Å². The number of halogens is 2. The quantitative estimate of drug-likeness (QED) is 0.380. The molecule has 0 unspecified atom stereocenters. The smallest absolute Gasteiger partial charge is 0.263 e. The number of hydrogen-bond acceptors (Lipinski definition) is 6. The lowest BCUT2D eigenvalue weighted by Crippen LogP contribution is -2.32. The first-order chi connectivity index (χ1) is 17.7. The molecule has 190 valence electrons. The van der Waals surface area contributed by atoms with Crippen molar-refractivity contribution in [1.29, 1.82) is 0 Å². The summed E-state index contributed by atoms with van der Waals surface area (Å²) in [6.45, 7) is 0.163. The van der Waals surface area contributed by atoms with E-state index in [9.17, 15) is 23.2 Å². The number of carbonyl (C=O) groups is 2. The number of amides is 2. The summed E-state index contributed by atoms with van der Waals surface area (Å²) in [5, 5.41) is 6.41. The van der Waals surface area contributed by atoms with Crippen molar-refractivity contribution in [2.24, 2.45) is 0 Å². The van der Waals surface area contributed by atoms with Crippen LogP contribution in [0.5, 0.6) is 0 Å². The Bertz CT molecular complexity index is 1540. The molecule has 0 fully saturated rings. The summed E-state index contributed by atoms with van der Waals surface area (Å²) in [4.78, 5) is 47.5. The number of pyridine rings is 1. The molecule has 0 saturated carbocycles. The van der Waals surface area contributed by atoms with Gasteiger partial charge in [-0.15, -0.1) is 0 Å². The highest BCUT2D eigenvalue weighted by Crippen LogP contribution is 2.20. The molecule has 0 aliphatic carbocycles. The molecule has 37 heavy (non-hydrogen) atoms. The number of nitrogens with zero attached hydrogens (tertiary/aromatic N) is 4. The maximum Gasteiger partial charge on any atom is 0.263 e. The summed E-state index contributed by atoms with van der Waals surface area (Å²) in [6.07, 6.45) is 2.87. The lowest BCUT2D eigenvalue weighted by molar-refractivity contribution is -0.126. The van der Waals surface area contributed by atoms with Gasteiger partial charge in [0.15, 0.2) is 11.6 Å². The molecule has 2 heterocycles. The molecular weight excluding hydrogens is 482 g/mol. The highest BCUT2D eigenvalue weighted by molar-refractivity contribution is 5.94. The fourth-order valence-electron chi connectivity index (χ4n) is 3.62. The summed E-state index contributed by atoms with van der Waals surface area (Å²) >= 11 is 0. The van der Waals surface area contributed by atoms with Crippen molar-refractivity contribution in [3.05, 3.63) is 99.7 Å². The zero-order valence-electron chi connectivity index (χ0n) is 20.2. The summed E-state index contributed by atoms with van der Waals surface area (Å²) < 4.78 is 28.0. The van der Waals surface area contributed by atoms with Gasteiger partial charge in [-0.05, 0) is 47.5 Å². The monoisotopic (exact) mass is 506 g/mol. The second-order valence-electron chi connectivity index (χ2n) is 8.50. The van der Waals surface area contributed by atoms with E-state index in [4.69, 9.17) is 0 Å². The Morgan fingerprint density at radius 3 is 2.54 bits per heavy atom. The Hall–Kier alpha value is -4.67. The molecule has 0 atom stereocenters. The minimum Gasteiger partial charge on any atom is -0.360 e. The molecule has 9 nitrogen and oxygen atoms in total. The zero-order chi connectivity index (χ0) is 26.5. The Labute approximate surface area is 210 Å². The van der Waals surface area contributed by atoms with E-state index in [-0.39, 0.29) is 31.1 Å². The van der Waals surface area contributed by atoms with Crippen LogP contribution in [0.15, 0.2) is 65.8 Å². The molecule has 2 amide bonds. The average Bonchev–Trinajstić information content (AvgIpc) is 2.89. The van der Waals surface area contributed by atoms with Crippen LogP contribution in [0.3, 0.4) is 0 Å². The average molecular weight is 507 g/mol. The van der Waals surface area contributed by atoms with Gasteiger partial charge in [0.1, 0.15) is 17.7 Å². The van der Waals surface area contributed by atoms with Gasteiger partial charge in [-0.1, -0.05) is 12.1 Å². The molecule has 2 aromatic heterocycles. The van der Waals surface area contributed by atoms with Crippen LogP contribution in [-0.2, 0) is 17.9 Å². The lowest BCUT2D eigenvalue weighted by Gasteiger charge is -2.13. The summed E-state index contributed by atoms with van der Waals surface area (Å²) in [5.41, 5.74) is 1.13. The molecule has 4 rings (SSSR count). The van der Waals surface area contributed by atoms with E-state index in [1.807, 2.05) is 0 Å². The standard InChI is InChI=1S/C26H24F2N6O3/c1-33(2)23(35)13-29-24-19-10-16(6-8-22(19)31-15-32-24)12-30-25(36)18-4-3-9-34(26(18)37)14-17-5-7-20(27)21(28)11-17/h3-11,15H,12-14H2,1-2H3,(H,30,36)(H,29,31,32). The number of carbonyl (C=O) groups excluding carboxylic acids is 2. The predicted molar refractivity (Wildman–Crippen MR) is 134 cm³/mol. The van der Waals surface area contributed by atoms with Gasteiger partial charge in [0.2, 0.25) is 5.91 Å². The summed E-state index contributed by atoms with van der Waals surface area (Å²) in [5.74, 6) is -2.20. The van der Waals surface area contributed by atoms with Gasteiger partial charge in [0, 0.05) is 32.2 Å². The van der Waals surface area contributed by atoms with Crippen molar-refractivity contribution in [3.8, 4) is 0 Å². The predicted octanol–water partition coefficient (Wildman–Crippen LogP) is 2.55. The van der Waals surface area contributed by atoms with E-state index in [2.05, 4.69) is 20.6 Å². The molecule has 2 N–H and O–H groups in total. The van der Waals surface area contributed by atoms with Gasteiger partial charge < -0.3 is 20.1 Å². The van der Waals surface area contributed by atoms with Crippen LogP contribution >= 0.6 is 0 Å². The SMILES string of the molecule is CN(C)C(=O)CNc1ncnc2ccc(CNC(=O)c3cccn(Cc4ccc(F)c(F)c4)c3=O)cc12. The largest absolute Gasteiger partial charge is 0.360 e. The molecule has 0 bridgehead atoms. The van der Waals surface area contributed by atoms with Crippen molar-refractivity contribution >= 4 is 28.5 Å². The molecule has 0 radical (unpaired) electrons. The second kappa shape index (κ2) is 10.9. The first-order valence-electron chi connectivity index (χ1n) is 11.3. The summed E-state index contributed by atoms with van der Waals surface area (Å²) in [6, 6.07) is 11.7. The summed E-state index contributed by atoms with van der Waals surface area (Å²) in [7, 11) is 3.32. The number of nitrogens with one attached hydrogen (secondary N) is 2. The molecule has 0 spiro atoms. The maximum atomic E-state index is 13.5. The van der Waals surface area contributed by atoms with Gasteiger partial charge >= 0.3 is 0 Å². The number of aromatic nitrogens is 3. The first-order valence-corrected chi connectivity index (χ1v) is 11.3. The Kier molecular flexibility index (Phi) is 7.52. The number of fused-ring (bicyclic) bond motifs is 1. The van der Waals surface area contributed by atoms with E-state index in [0.29, 0.717) is 22.3 Å². The fourth-order valence-corrected chi connectivity index (χ4v) is 3.62. The third-order valence-corrected chi connectivity index (χ3v) is 5.66. The van der Waals surface area contributed by atoms with Crippen molar-refractivity contribution in [1.82, 2.24) is 24.8 Å². The second-order valence-corrected chi connectivity index (χ2v) is 8.50. The third-order valence-electron chi connectivity index (χ3n) is 5.66.